The molecule has 0 bridgehead atoms. The molecular formula is C15H26N2O. The number of hydrazine groups is 1. The van der Waals surface area contributed by atoms with Gasteiger partial charge in [-0.15, -0.1) is 0 Å². The molecule has 3 nitrogen and oxygen atoms in total. The fraction of sp³-hybridized carbons (Fsp3) is 0.600. The molecule has 1 unspecified atom stereocenters. The fourth-order valence-corrected chi connectivity index (χ4v) is 2.50. The molecule has 0 radical (unpaired) electrons. The number of hydrogen-bond donors (Lipinski definition) is 2. The van der Waals surface area contributed by atoms with Gasteiger partial charge in [-0.25, -0.2) is 0 Å². The largest absolute Gasteiger partial charge is 0.385 e. The number of ether oxygens (including phenoxy) is 1. The Bertz CT molecular complexity index is 354. The Kier molecular flexibility index (Phi) is 6.33. The molecule has 1 aromatic rings. The molecule has 1 atom stereocenters. The Balaban J connectivity index is 2.69. The van der Waals surface area contributed by atoms with Crippen LogP contribution in [0.15, 0.2) is 12.1 Å². The van der Waals surface area contributed by atoms with Crippen LogP contribution in [-0.4, -0.2) is 19.8 Å². The van der Waals surface area contributed by atoms with E-state index in [-0.39, 0.29) is 0 Å². The van der Waals surface area contributed by atoms with Gasteiger partial charge in [0.1, 0.15) is 0 Å². The van der Waals surface area contributed by atoms with Crippen LogP contribution in [0.25, 0.3) is 0 Å². The summed E-state index contributed by atoms with van der Waals surface area (Å²) in [5, 5.41) is 0. The van der Waals surface area contributed by atoms with Gasteiger partial charge in [-0.2, -0.15) is 0 Å². The summed E-state index contributed by atoms with van der Waals surface area (Å²) in [6.45, 7) is 7.29. The number of nitrogens with one attached hydrogen (secondary N) is 1. The molecule has 18 heavy (non-hydrogen) atoms. The zero-order valence-electron chi connectivity index (χ0n) is 12.0. The highest BCUT2D eigenvalue weighted by molar-refractivity contribution is 5.38. The zero-order valence-corrected chi connectivity index (χ0v) is 12.0. The average Bonchev–Trinajstić information content (AvgIpc) is 2.31. The summed E-state index contributed by atoms with van der Waals surface area (Å²) in [6, 6.07) is 4.80. The third-order valence-electron chi connectivity index (χ3n) is 3.43. The van der Waals surface area contributed by atoms with Crippen molar-refractivity contribution in [2.75, 3.05) is 13.7 Å². The number of rotatable bonds is 7. The molecule has 0 fully saturated rings. The van der Waals surface area contributed by atoms with Crippen molar-refractivity contribution in [3.8, 4) is 0 Å². The molecule has 0 spiro atoms. The van der Waals surface area contributed by atoms with E-state index in [1.807, 2.05) is 0 Å². The van der Waals surface area contributed by atoms with E-state index in [2.05, 4.69) is 38.3 Å². The Morgan fingerprint density at radius 2 is 1.83 bits per heavy atom. The first-order valence-electron chi connectivity index (χ1n) is 6.60. The molecule has 0 saturated carbocycles. The maximum Gasteiger partial charge on any atom is 0.0462 e. The lowest BCUT2D eigenvalue weighted by Crippen LogP contribution is -2.37. The molecule has 3 heteroatoms. The monoisotopic (exact) mass is 250 g/mol. The van der Waals surface area contributed by atoms with Crippen LogP contribution >= 0.6 is 0 Å². The lowest BCUT2D eigenvalue weighted by molar-refractivity contribution is 0.188. The third kappa shape index (κ3) is 4.41. The highest BCUT2D eigenvalue weighted by atomic mass is 16.5. The minimum atomic E-state index is 0.320. The zero-order chi connectivity index (χ0) is 13.5. The molecule has 0 heterocycles. The summed E-state index contributed by atoms with van der Waals surface area (Å²) in [5.74, 6) is 5.64. The quantitative estimate of drug-likeness (QED) is 0.444. The van der Waals surface area contributed by atoms with Crippen LogP contribution in [0.2, 0.25) is 0 Å². The number of benzene rings is 1. The maximum absolute atomic E-state index is 5.64. The van der Waals surface area contributed by atoms with Crippen molar-refractivity contribution in [1.29, 1.82) is 0 Å². The van der Waals surface area contributed by atoms with Gasteiger partial charge in [0.05, 0.1) is 0 Å². The molecule has 0 aromatic heterocycles. The van der Waals surface area contributed by atoms with E-state index < -0.39 is 0 Å². The highest BCUT2D eigenvalue weighted by Gasteiger charge is 2.11. The summed E-state index contributed by atoms with van der Waals surface area (Å²) >= 11 is 0. The van der Waals surface area contributed by atoms with Crippen LogP contribution < -0.4 is 11.3 Å². The highest BCUT2D eigenvalue weighted by Crippen LogP contribution is 2.19. The summed E-state index contributed by atoms with van der Waals surface area (Å²) in [4.78, 5) is 0. The molecule has 3 N–H and O–H groups in total. The van der Waals surface area contributed by atoms with Gasteiger partial charge < -0.3 is 4.74 Å². The predicted octanol–water partition coefficient (Wildman–Crippen LogP) is 2.41. The van der Waals surface area contributed by atoms with Crippen molar-refractivity contribution < 1.29 is 4.74 Å². The van der Waals surface area contributed by atoms with Crippen LogP contribution in [0.5, 0.6) is 0 Å². The van der Waals surface area contributed by atoms with Crippen molar-refractivity contribution in [1.82, 2.24) is 5.43 Å². The predicted molar refractivity (Wildman–Crippen MR) is 76.6 cm³/mol. The Morgan fingerprint density at radius 3 is 2.33 bits per heavy atom. The van der Waals surface area contributed by atoms with Crippen molar-refractivity contribution >= 4 is 0 Å². The van der Waals surface area contributed by atoms with Gasteiger partial charge in [-0.3, -0.25) is 11.3 Å². The first-order valence-corrected chi connectivity index (χ1v) is 6.60. The second-order valence-corrected chi connectivity index (χ2v) is 5.08. The van der Waals surface area contributed by atoms with Gasteiger partial charge in [0.2, 0.25) is 0 Å². The second-order valence-electron chi connectivity index (χ2n) is 5.08. The van der Waals surface area contributed by atoms with Crippen molar-refractivity contribution in [3.05, 3.63) is 34.4 Å². The van der Waals surface area contributed by atoms with Gasteiger partial charge >= 0.3 is 0 Å². The summed E-state index contributed by atoms with van der Waals surface area (Å²) in [5.41, 5.74) is 8.39. The molecule has 0 saturated heterocycles. The van der Waals surface area contributed by atoms with E-state index in [4.69, 9.17) is 10.6 Å². The topological polar surface area (TPSA) is 47.3 Å². The number of nitrogens with two attached hydrogens (primary N) is 1. The molecule has 102 valence electrons. The molecule has 1 rings (SSSR count). The normalized spacial score (nSPS) is 12.7. The van der Waals surface area contributed by atoms with Crippen molar-refractivity contribution in [2.45, 2.75) is 46.1 Å². The van der Waals surface area contributed by atoms with E-state index in [0.29, 0.717) is 6.04 Å². The molecule has 0 amide bonds. The molecule has 0 aliphatic rings. The Labute approximate surface area is 111 Å². The minimum Gasteiger partial charge on any atom is -0.385 e. The van der Waals surface area contributed by atoms with Gasteiger partial charge in [0.15, 0.2) is 0 Å². The maximum atomic E-state index is 5.64. The van der Waals surface area contributed by atoms with E-state index in [0.717, 1.165) is 25.9 Å². The van der Waals surface area contributed by atoms with Crippen LogP contribution in [0.1, 0.15) is 35.1 Å². The number of methoxy groups -OCH3 is 1. The minimum absolute atomic E-state index is 0.320. The molecule has 1 aromatic carbocycles. The first-order chi connectivity index (χ1) is 8.58. The van der Waals surface area contributed by atoms with Gasteiger partial charge in [0.25, 0.3) is 0 Å². The number of aryl methyl sites for hydroxylation is 3. The third-order valence-corrected chi connectivity index (χ3v) is 3.43. The average molecular weight is 250 g/mol. The van der Waals surface area contributed by atoms with Crippen LogP contribution in [-0.2, 0) is 11.2 Å². The number of hydrogen-bond acceptors (Lipinski definition) is 3. The van der Waals surface area contributed by atoms with Gasteiger partial charge in [0, 0.05) is 19.8 Å². The molecule has 0 aliphatic carbocycles. The standard InChI is InChI=1S/C15H26N2O/c1-11-8-12(2)15(13(3)9-11)10-14(17-16)6-5-7-18-4/h8-9,14,17H,5-7,10,16H2,1-4H3. The Morgan fingerprint density at radius 1 is 1.22 bits per heavy atom. The fourth-order valence-electron chi connectivity index (χ4n) is 2.50. The van der Waals surface area contributed by atoms with Crippen LogP contribution in [0.3, 0.4) is 0 Å². The van der Waals surface area contributed by atoms with E-state index in [9.17, 15) is 0 Å². The van der Waals surface area contributed by atoms with Crippen LogP contribution in [0.4, 0.5) is 0 Å². The summed E-state index contributed by atoms with van der Waals surface area (Å²) < 4.78 is 5.08. The summed E-state index contributed by atoms with van der Waals surface area (Å²) in [7, 11) is 1.74. The van der Waals surface area contributed by atoms with Gasteiger partial charge in [-0.05, 0) is 56.7 Å². The Hall–Kier alpha value is -0.900. The van der Waals surface area contributed by atoms with E-state index in [1.54, 1.807) is 7.11 Å². The smallest absolute Gasteiger partial charge is 0.0462 e. The van der Waals surface area contributed by atoms with E-state index >= 15 is 0 Å². The van der Waals surface area contributed by atoms with Crippen LogP contribution in [0, 0.1) is 20.8 Å². The van der Waals surface area contributed by atoms with Gasteiger partial charge in [-0.1, -0.05) is 17.7 Å². The SMILES string of the molecule is COCCCC(Cc1c(C)cc(C)cc1C)NN. The summed E-state index contributed by atoms with van der Waals surface area (Å²) in [6.07, 6.45) is 3.06. The lowest BCUT2D eigenvalue weighted by Gasteiger charge is -2.19. The van der Waals surface area contributed by atoms with Crippen molar-refractivity contribution in [3.63, 3.8) is 0 Å². The molecule has 0 aliphatic heterocycles. The first kappa shape index (κ1) is 15.2. The van der Waals surface area contributed by atoms with Crippen molar-refractivity contribution in [2.24, 2.45) is 5.84 Å². The molecular weight excluding hydrogens is 224 g/mol. The second kappa shape index (κ2) is 7.52. The van der Waals surface area contributed by atoms with E-state index in [1.165, 1.54) is 22.3 Å². The lowest BCUT2D eigenvalue weighted by atomic mass is 9.93.